The van der Waals surface area contributed by atoms with Crippen LogP contribution in [0, 0.1) is 19.7 Å². The summed E-state index contributed by atoms with van der Waals surface area (Å²) in [5, 5.41) is 3.91. The fourth-order valence-electron chi connectivity index (χ4n) is 4.68. The maximum atomic E-state index is 13.6. The molecule has 0 unspecified atom stereocenters. The molecule has 0 aliphatic carbocycles. The second-order valence-electron chi connectivity index (χ2n) is 8.58. The number of aromatic nitrogens is 3. The van der Waals surface area contributed by atoms with Crippen molar-refractivity contribution in [2.75, 3.05) is 37.6 Å². The molecule has 2 fully saturated rings. The zero-order valence-corrected chi connectivity index (χ0v) is 19.2. The van der Waals surface area contributed by atoms with Crippen LogP contribution in [0.5, 0.6) is 0 Å². The SMILES string of the molecule is Cc1nc(CN2CCN(C(=O)[C@@H]3CCCN3c3nc(C)c4cc(F)ccc4n3)CC2)cs1. The van der Waals surface area contributed by atoms with Gasteiger partial charge in [0.1, 0.15) is 11.9 Å². The molecule has 0 saturated carbocycles. The molecule has 0 spiro atoms. The smallest absolute Gasteiger partial charge is 0.245 e. The average molecular weight is 455 g/mol. The second kappa shape index (κ2) is 8.71. The molecular formula is C23H27FN6OS. The van der Waals surface area contributed by atoms with E-state index in [1.54, 1.807) is 17.4 Å². The van der Waals surface area contributed by atoms with Crippen molar-refractivity contribution in [2.24, 2.45) is 0 Å². The summed E-state index contributed by atoms with van der Waals surface area (Å²) < 4.78 is 13.6. The van der Waals surface area contributed by atoms with Crippen molar-refractivity contribution in [1.29, 1.82) is 0 Å². The number of nitrogens with zero attached hydrogens (tertiary/aromatic N) is 6. The lowest BCUT2D eigenvalue weighted by atomic mass is 10.1. The monoisotopic (exact) mass is 454 g/mol. The number of hydrogen-bond donors (Lipinski definition) is 0. The van der Waals surface area contributed by atoms with Crippen LogP contribution in [-0.2, 0) is 11.3 Å². The van der Waals surface area contributed by atoms with Crippen molar-refractivity contribution in [3.8, 4) is 0 Å². The molecule has 9 heteroatoms. The number of piperazine rings is 1. The minimum Gasteiger partial charge on any atom is -0.338 e. The molecule has 0 radical (unpaired) electrons. The molecule has 5 rings (SSSR count). The first kappa shape index (κ1) is 21.2. The van der Waals surface area contributed by atoms with Crippen LogP contribution in [0.1, 0.15) is 29.2 Å². The summed E-state index contributed by atoms with van der Waals surface area (Å²) in [6, 6.07) is 4.32. The Morgan fingerprint density at radius 3 is 2.69 bits per heavy atom. The van der Waals surface area contributed by atoms with E-state index in [1.165, 1.54) is 12.1 Å². The molecule has 2 aliphatic rings. The molecule has 3 aromatic rings. The highest BCUT2D eigenvalue weighted by Gasteiger charge is 2.36. The van der Waals surface area contributed by atoms with Crippen molar-refractivity contribution >= 4 is 34.1 Å². The first-order valence-electron chi connectivity index (χ1n) is 11.1. The van der Waals surface area contributed by atoms with E-state index >= 15 is 0 Å². The van der Waals surface area contributed by atoms with Gasteiger partial charge in [-0.1, -0.05) is 0 Å². The number of anilines is 1. The van der Waals surface area contributed by atoms with Gasteiger partial charge in [0.25, 0.3) is 0 Å². The molecule has 1 aromatic carbocycles. The number of halogens is 1. The van der Waals surface area contributed by atoms with Gasteiger partial charge in [-0.3, -0.25) is 9.69 Å². The molecule has 1 atom stereocenters. The average Bonchev–Trinajstić information content (AvgIpc) is 3.43. The predicted octanol–water partition coefficient (Wildman–Crippen LogP) is 3.16. The number of carbonyl (C=O) groups excluding carboxylic acids is 1. The third-order valence-electron chi connectivity index (χ3n) is 6.37. The Hall–Kier alpha value is -2.65. The van der Waals surface area contributed by atoms with Crippen LogP contribution >= 0.6 is 11.3 Å². The van der Waals surface area contributed by atoms with Crippen molar-refractivity contribution in [3.63, 3.8) is 0 Å². The lowest BCUT2D eigenvalue weighted by Gasteiger charge is -2.37. The molecule has 168 valence electrons. The predicted molar refractivity (Wildman–Crippen MR) is 123 cm³/mol. The van der Waals surface area contributed by atoms with Gasteiger partial charge in [0.15, 0.2) is 0 Å². The lowest BCUT2D eigenvalue weighted by Crippen LogP contribution is -2.53. The minimum absolute atomic E-state index is 0.159. The molecule has 1 amide bonds. The zero-order chi connectivity index (χ0) is 22.2. The number of thiazole rings is 1. The van der Waals surface area contributed by atoms with Crippen LogP contribution in [0.3, 0.4) is 0 Å². The van der Waals surface area contributed by atoms with E-state index < -0.39 is 0 Å². The van der Waals surface area contributed by atoms with Crippen LogP contribution in [0.4, 0.5) is 10.3 Å². The topological polar surface area (TPSA) is 65.5 Å². The number of benzene rings is 1. The summed E-state index contributed by atoms with van der Waals surface area (Å²) in [7, 11) is 0. The van der Waals surface area contributed by atoms with Crippen molar-refractivity contribution in [3.05, 3.63) is 45.8 Å². The van der Waals surface area contributed by atoms with Gasteiger partial charge in [0.05, 0.1) is 21.9 Å². The molecule has 4 heterocycles. The first-order chi connectivity index (χ1) is 15.5. The molecule has 0 bridgehead atoms. The van der Waals surface area contributed by atoms with Crippen LogP contribution in [-0.4, -0.2) is 69.4 Å². The Balaban J connectivity index is 1.27. The number of aryl methyl sites for hydroxylation is 2. The molecule has 32 heavy (non-hydrogen) atoms. The summed E-state index contributed by atoms with van der Waals surface area (Å²) in [5.74, 6) is 0.428. The van der Waals surface area contributed by atoms with Gasteiger partial charge in [0, 0.05) is 50.0 Å². The fraction of sp³-hybridized carbons (Fsp3) is 0.478. The van der Waals surface area contributed by atoms with E-state index in [2.05, 4.69) is 25.2 Å². The highest BCUT2D eigenvalue weighted by molar-refractivity contribution is 7.09. The molecule has 2 aromatic heterocycles. The van der Waals surface area contributed by atoms with Crippen molar-refractivity contribution in [1.82, 2.24) is 24.8 Å². The first-order valence-corrected chi connectivity index (χ1v) is 12.0. The van der Waals surface area contributed by atoms with Gasteiger partial charge in [-0.2, -0.15) is 0 Å². The Morgan fingerprint density at radius 2 is 1.94 bits per heavy atom. The van der Waals surface area contributed by atoms with Gasteiger partial charge in [-0.05, 0) is 44.9 Å². The number of rotatable bonds is 4. The number of carbonyl (C=O) groups is 1. The van der Waals surface area contributed by atoms with Gasteiger partial charge in [-0.25, -0.2) is 19.3 Å². The van der Waals surface area contributed by atoms with E-state index in [0.717, 1.165) is 68.5 Å². The van der Waals surface area contributed by atoms with Gasteiger partial charge >= 0.3 is 0 Å². The highest BCUT2D eigenvalue weighted by Crippen LogP contribution is 2.27. The van der Waals surface area contributed by atoms with Crippen LogP contribution in [0.2, 0.25) is 0 Å². The summed E-state index contributed by atoms with van der Waals surface area (Å²) in [6.07, 6.45) is 1.74. The Morgan fingerprint density at radius 1 is 1.12 bits per heavy atom. The highest BCUT2D eigenvalue weighted by atomic mass is 32.1. The van der Waals surface area contributed by atoms with Gasteiger partial charge in [0.2, 0.25) is 11.9 Å². The summed E-state index contributed by atoms with van der Waals surface area (Å²) in [6.45, 7) is 8.64. The Bertz CT molecular complexity index is 1140. The molecule has 7 nitrogen and oxygen atoms in total. The van der Waals surface area contributed by atoms with Gasteiger partial charge in [-0.15, -0.1) is 11.3 Å². The van der Waals surface area contributed by atoms with E-state index in [0.29, 0.717) is 16.9 Å². The standard InChI is InChI=1S/C23H27FN6OS/c1-15-19-12-17(24)5-6-20(19)27-23(25-15)30-7-3-4-21(30)22(31)29-10-8-28(9-11-29)13-18-14-32-16(2)26-18/h5-6,12,14,21H,3-4,7-11,13H2,1-2H3/t21-/m0/s1. The summed E-state index contributed by atoms with van der Waals surface area (Å²) >= 11 is 1.68. The zero-order valence-electron chi connectivity index (χ0n) is 18.4. The summed E-state index contributed by atoms with van der Waals surface area (Å²) in [4.78, 5) is 33.6. The number of amides is 1. The van der Waals surface area contributed by atoms with Crippen molar-refractivity contribution < 1.29 is 9.18 Å². The largest absolute Gasteiger partial charge is 0.338 e. The number of hydrogen-bond acceptors (Lipinski definition) is 7. The third-order valence-corrected chi connectivity index (χ3v) is 7.19. The molecule has 2 aliphatic heterocycles. The quantitative estimate of drug-likeness (QED) is 0.604. The van der Waals surface area contributed by atoms with E-state index in [4.69, 9.17) is 0 Å². The fourth-order valence-corrected chi connectivity index (χ4v) is 5.28. The minimum atomic E-state index is -0.296. The van der Waals surface area contributed by atoms with Crippen LogP contribution < -0.4 is 4.90 Å². The Labute approximate surface area is 190 Å². The van der Waals surface area contributed by atoms with E-state index in [1.807, 2.05) is 23.6 Å². The Kier molecular flexibility index (Phi) is 5.77. The van der Waals surface area contributed by atoms with Crippen LogP contribution in [0.25, 0.3) is 10.9 Å². The maximum Gasteiger partial charge on any atom is 0.245 e. The van der Waals surface area contributed by atoms with E-state index in [-0.39, 0.29) is 17.8 Å². The maximum absolute atomic E-state index is 13.6. The van der Waals surface area contributed by atoms with Crippen molar-refractivity contribution in [2.45, 2.75) is 39.3 Å². The molecule has 2 saturated heterocycles. The second-order valence-corrected chi connectivity index (χ2v) is 9.64. The lowest BCUT2D eigenvalue weighted by molar-refractivity contribution is -0.134. The number of fused-ring (bicyclic) bond motifs is 1. The molecule has 0 N–H and O–H groups in total. The third kappa shape index (κ3) is 4.19. The summed E-state index contributed by atoms with van der Waals surface area (Å²) in [5.41, 5.74) is 2.55. The van der Waals surface area contributed by atoms with E-state index in [9.17, 15) is 9.18 Å². The van der Waals surface area contributed by atoms with Gasteiger partial charge < -0.3 is 9.80 Å². The molecular weight excluding hydrogens is 427 g/mol. The normalized spacial score (nSPS) is 19.8. The van der Waals surface area contributed by atoms with Crippen LogP contribution in [0.15, 0.2) is 23.6 Å².